The lowest BCUT2D eigenvalue weighted by molar-refractivity contribution is -0.119. The van der Waals surface area contributed by atoms with Crippen molar-refractivity contribution in [1.29, 1.82) is 0 Å². The summed E-state index contributed by atoms with van der Waals surface area (Å²) in [6, 6.07) is 21.7. The Bertz CT molecular complexity index is 1300. The van der Waals surface area contributed by atoms with E-state index in [-0.39, 0.29) is 29.8 Å². The number of allylic oxidation sites excluding steroid dienone is 1. The predicted octanol–water partition coefficient (Wildman–Crippen LogP) is 6.44. The average molecular weight is 455 g/mol. The quantitative estimate of drug-likeness (QED) is 0.495. The highest BCUT2D eigenvalue weighted by molar-refractivity contribution is 6.06. The van der Waals surface area contributed by atoms with Gasteiger partial charge in [-0.25, -0.2) is 4.39 Å². The van der Waals surface area contributed by atoms with Gasteiger partial charge in [-0.2, -0.15) is 0 Å². The summed E-state index contributed by atoms with van der Waals surface area (Å²) in [4.78, 5) is 28.9. The van der Waals surface area contributed by atoms with Crippen molar-refractivity contribution in [3.63, 3.8) is 0 Å². The van der Waals surface area contributed by atoms with Gasteiger partial charge in [0.05, 0.1) is 17.4 Å². The molecule has 0 aromatic heterocycles. The average Bonchev–Trinajstić information content (AvgIpc) is 2.99. The van der Waals surface area contributed by atoms with Crippen LogP contribution in [0.4, 0.5) is 15.8 Å². The fraction of sp³-hybridized carbons (Fsp3) is 0.241. The number of Topliss-reactive ketones (excluding diaryl/α,β-unsaturated/α-hetero) is 1. The lowest BCUT2D eigenvalue weighted by Crippen LogP contribution is -2.38. The van der Waals surface area contributed by atoms with Crippen molar-refractivity contribution >= 4 is 23.1 Å². The molecule has 0 saturated carbocycles. The largest absolute Gasteiger partial charge is 0.357 e. The summed E-state index contributed by atoms with van der Waals surface area (Å²) in [7, 11) is 0. The first-order chi connectivity index (χ1) is 16.5. The van der Waals surface area contributed by atoms with Crippen molar-refractivity contribution in [2.45, 2.75) is 45.1 Å². The molecule has 5 rings (SSSR count). The van der Waals surface area contributed by atoms with Gasteiger partial charge in [0.15, 0.2) is 5.78 Å². The van der Waals surface area contributed by atoms with Gasteiger partial charge in [0.2, 0.25) is 5.91 Å². The second kappa shape index (κ2) is 8.90. The predicted molar refractivity (Wildman–Crippen MR) is 132 cm³/mol. The number of aryl methyl sites for hydroxylation is 1. The lowest BCUT2D eigenvalue weighted by atomic mass is 9.78. The molecule has 2 aliphatic rings. The Hall–Kier alpha value is -3.73. The summed E-state index contributed by atoms with van der Waals surface area (Å²) in [6.07, 6.45) is 1.01. The van der Waals surface area contributed by atoms with E-state index in [1.165, 1.54) is 6.07 Å². The van der Waals surface area contributed by atoms with Gasteiger partial charge in [-0.15, -0.1) is 0 Å². The molecule has 34 heavy (non-hydrogen) atoms. The molecule has 0 fully saturated rings. The number of amides is 1. The van der Waals surface area contributed by atoms with Crippen LogP contribution in [0.1, 0.15) is 54.8 Å². The van der Waals surface area contributed by atoms with Gasteiger partial charge in [-0.3, -0.25) is 14.5 Å². The maximum atomic E-state index is 14.6. The number of para-hydroxylation sites is 2. The molecule has 0 bridgehead atoms. The summed E-state index contributed by atoms with van der Waals surface area (Å²) in [5.41, 5.74) is 5.40. The molecule has 1 aliphatic carbocycles. The highest BCUT2D eigenvalue weighted by atomic mass is 19.1. The molecule has 2 atom stereocenters. The Morgan fingerprint density at radius 1 is 1.00 bits per heavy atom. The van der Waals surface area contributed by atoms with E-state index in [0.29, 0.717) is 24.0 Å². The van der Waals surface area contributed by atoms with Gasteiger partial charge in [0.25, 0.3) is 0 Å². The minimum atomic E-state index is -0.548. The molecule has 172 valence electrons. The first-order valence-corrected chi connectivity index (χ1v) is 11.7. The van der Waals surface area contributed by atoms with Gasteiger partial charge in [0.1, 0.15) is 5.82 Å². The molecular weight excluding hydrogens is 427 g/mol. The summed E-state index contributed by atoms with van der Waals surface area (Å²) >= 11 is 0. The van der Waals surface area contributed by atoms with Crippen molar-refractivity contribution in [3.8, 4) is 0 Å². The number of carbonyl (C=O) groups excluding carboxylic acids is 2. The van der Waals surface area contributed by atoms with E-state index in [1.54, 1.807) is 23.1 Å². The molecule has 0 unspecified atom stereocenters. The third kappa shape index (κ3) is 3.81. The number of nitrogens with one attached hydrogen (secondary N) is 1. The Kier molecular flexibility index (Phi) is 5.78. The van der Waals surface area contributed by atoms with E-state index in [9.17, 15) is 14.0 Å². The number of fused-ring (bicyclic) bond motifs is 1. The molecule has 0 saturated heterocycles. The highest BCUT2D eigenvalue weighted by Gasteiger charge is 2.41. The highest BCUT2D eigenvalue weighted by Crippen LogP contribution is 2.47. The van der Waals surface area contributed by atoms with Crippen molar-refractivity contribution in [1.82, 2.24) is 0 Å². The summed E-state index contributed by atoms with van der Waals surface area (Å²) in [5, 5.41) is 3.47. The van der Waals surface area contributed by atoms with Gasteiger partial charge in [-0.05, 0) is 48.6 Å². The molecule has 3 aromatic rings. The fourth-order valence-corrected chi connectivity index (χ4v) is 5.13. The van der Waals surface area contributed by atoms with Gasteiger partial charge >= 0.3 is 0 Å². The first kappa shape index (κ1) is 22.1. The van der Waals surface area contributed by atoms with E-state index in [1.807, 2.05) is 62.4 Å². The van der Waals surface area contributed by atoms with Gasteiger partial charge < -0.3 is 5.32 Å². The smallest absolute Gasteiger partial charge is 0.227 e. The first-order valence-electron chi connectivity index (χ1n) is 11.7. The molecule has 1 aliphatic heterocycles. The van der Waals surface area contributed by atoms with Crippen LogP contribution in [0.2, 0.25) is 0 Å². The number of anilines is 2. The van der Waals surface area contributed by atoms with Crippen LogP contribution < -0.4 is 10.2 Å². The number of hydrogen-bond acceptors (Lipinski definition) is 3. The monoisotopic (exact) mass is 454 g/mol. The minimum absolute atomic E-state index is 0.0578. The second-order valence-electron chi connectivity index (χ2n) is 9.01. The van der Waals surface area contributed by atoms with E-state index >= 15 is 0 Å². The lowest BCUT2D eigenvalue weighted by Gasteiger charge is -2.35. The Labute approximate surface area is 199 Å². The Morgan fingerprint density at radius 2 is 1.71 bits per heavy atom. The molecule has 1 N–H and O–H groups in total. The normalized spacial score (nSPS) is 19.7. The number of benzene rings is 3. The zero-order valence-electron chi connectivity index (χ0n) is 19.3. The van der Waals surface area contributed by atoms with Crippen molar-refractivity contribution in [3.05, 3.63) is 107 Å². The zero-order chi connectivity index (χ0) is 23.8. The number of rotatable bonds is 3. The maximum Gasteiger partial charge on any atom is 0.227 e. The minimum Gasteiger partial charge on any atom is -0.357 e. The van der Waals surface area contributed by atoms with Crippen LogP contribution in [0.25, 0.3) is 0 Å². The second-order valence-corrected chi connectivity index (χ2v) is 9.01. The van der Waals surface area contributed by atoms with E-state index in [0.717, 1.165) is 28.2 Å². The standard InChI is InChI=1S/C29H27FN2O2/c1-3-27(34)32-25-11-7-6-10-23(25)31-24-16-20(21-8-4-5-9-22(21)30)17-26(33)28(24)29(32)19-14-12-18(2)13-15-19/h4-15,20,29,31H,3,16-17H2,1-2H3/t20-,29+/m1/s1. The molecule has 4 nitrogen and oxygen atoms in total. The van der Waals surface area contributed by atoms with E-state index in [2.05, 4.69) is 5.32 Å². The molecule has 5 heteroatoms. The molecular formula is C29H27FN2O2. The van der Waals surface area contributed by atoms with Crippen LogP contribution in [0, 0.1) is 12.7 Å². The molecule has 3 aromatic carbocycles. The third-order valence-corrected chi connectivity index (χ3v) is 6.80. The molecule has 1 amide bonds. The Balaban J connectivity index is 1.71. The summed E-state index contributed by atoms with van der Waals surface area (Å²) in [5.74, 6) is -0.678. The van der Waals surface area contributed by atoms with Crippen molar-refractivity contribution < 1.29 is 14.0 Å². The topological polar surface area (TPSA) is 49.4 Å². The number of halogens is 1. The van der Waals surface area contributed by atoms with Crippen LogP contribution >= 0.6 is 0 Å². The Morgan fingerprint density at radius 3 is 2.44 bits per heavy atom. The van der Waals surface area contributed by atoms with Crippen LogP contribution in [-0.2, 0) is 9.59 Å². The summed E-state index contributed by atoms with van der Waals surface area (Å²) in [6.45, 7) is 3.85. The van der Waals surface area contributed by atoms with Crippen LogP contribution in [0.3, 0.4) is 0 Å². The molecule has 1 heterocycles. The SMILES string of the molecule is CCC(=O)N1c2ccccc2NC2=C(C(=O)C[C@H](c3ccccc3F)C2)[C@@H]1c1ccc(C)cc1. The number of nitrogens with zero attached hydrogens (tertiary/aromatic N) is 1. The number of ketones is 1. The number of hydrogen-bond donors (Lipinski definition) is 1. The maximum absolute atomic E-state index is 14.6. The number of carbonyl (C=O) groups is 2. The van der Waals surface area contributed by atoms with Crippen molar-refractivity contribution in [2.24, 2.45) is 0 Å². The fourth-order valence-electron chi connectivity index (χ4n) is 5.13. The van der Waals surface area contributed by atoms with Crippen LogP contribution in [0.5, 0.6) is 0 Å². The van der Waals surface area contributed by atoms with Gasteiger partial charge in [0, 0.05) is 24.1 Å². The van der Waals surface area contributed by atoms with Crippen LogP contribution in [-0.4, -0.2) is 11.7 Å². The van der Waals surface area contributed by atoms with Crippen LogP contribution in [0.15, 0.2) is 84.1 Å². The molecule has 0 spiro atoms. The van der Waals surface area contributed by atoms with E-state index < -0.39 is 6.04 Å². The zero-order valence-corrected chi connectivity index (χ0v) is 19.3. The summed E-state index contributed by atoms with van der Waals surface area (Å²) < 4.78 is 14.6. The molecule has 0 radical (unpaired) electrons. The third-order valence-electron chi connectivity index (χ3n) is 6.80. The van der Waals surface area contributed by atoms with Gasteiger partial charge in [-0.1, -0.05) is 67.1 Å². The van der Waals surface area contributed by atoms with E-state index in [4.69, 9.17) is 0 Å². The van der Waals surface area contributed by atoms with Crippen molar-refractivity contribution in [2.75, 3.05) is 10.2 Å².